The van der Waals surface area contributed by atoms with Crippen molar-refractivity contribution in [3.05, 3.63) is 57.7 Å². The molecule has 4 aromatic rings. The molecule has 0 fully saturated rings. The van der Waals surface area contributed by atoms with E-state index in [1.165, 1.54) is 22.7 Å². The van der Waals surface area contributed by atoms with E-state index in [-0.39, 0.29) is 5.78 Å². The lowest BCUT2D eigenvalue weighted by molar-refractivity contribution is 0.104. The van der Waals surface area contributed by atoms with Gasteiger partial charge >= 0.3 is 0 Å². The summed E-state index contributed by atoms with van der Waals surface area (Å²) in [4.78, 5) is 29.5. The minimum atomic E-state index is -0.0600. The first-order chi connectivity index (χ1) is 11.8. The highest BCUT2D eigenvalue weighted by Gasteiger charge is 2.18. The number of rotatable bonds is 6. The Balaban J connectivity index is 1.61. The second-order valence-electron chi connectivity index (χ2n) is 5.07. The summed E-state index contributed by atoms with van der Waals surface area (Å²) in [5.74, 6) is 0.409. The first kappa shape index (κ1) is 15.0. The van der Waals surface area contributed by atoms with Crippen LogP contribution in [-0.2, 0) is 6.42 Å². The Morgan fingerprint density at radius 2 is 2.17 bits per heavy atom. The van der Waals surface area contributed by atoms with Gasteiger partial charge in [-0.15, -0.1) is 22.7 Å². The van der Waals surface area contributed by atoms with Crippen molar-refractivity contribution < 1.29 is 4.79 Å². The van der Waals surface area contributed by atoms with Gasteiger partial charge in [0, 0.05) is 19.2 Å². The van der Waals surface area contributed by atoms with Crippen LogP contribution < -0.4 is 5.32 Å². The van der Waals surface area contributed by atoms with Crippen LogP contribution >= 0.6 is 22.7 Å². The maximum Gasteiger partial charge on any atom is 0.224 e. The van der Waals surface area contributed by atoms with Gasteiger partial charge in [0.25, 0.3) is 0 Å². The molecule has 0 saturated heterocycles. The minimum Gasteiger partial charge on any atom is -0.354 e. The summed E-state index contributed by atoms with van der Waals surface area (Å²) < 4.78 is 0.825. The molecule has 6 nitrogen and oxygen atoms in total. The third kappa shape index (κ3) is 2.93. The molecule has 4 rings (SSSR count). The van der Waals surface area contributed by atoms with Crippen LogP contribution in [-0.4, -0.2) is 32.3 Å². The smallest absolute Gasteiger partial charge is 0.224 e. The first-order valence-corrected chi connectivity index (χ1v) is 9.12. The average Bonchev–Trinajstić information content (AvgIpc) is 3.34. The molecule has 0 aliphatic carbocycles. The van der Waals surface area contributed by atoms with Crippen LogP contribution in [0.25, 0.3) is 10.2 Å². The van der Waals surface area contributed by atoms with Crippen molar-refractivity contribution in [1.82, 2.24) is 19.9 Å². The molecule has 0 unspecified atom stereocenters. The molecule has 8 heteroatoms. The number of imidazole rings is 1. The van der Waals surface area contributed by atoms with Crippen molar-refractivity contribution in [2.45, 2.75) is 6.42 Å². The predicted octanol–water partition coefficient (Wildman–Crippen LogP) is 3.36. The molecule has 0 aliphatic heterocycles. The van der Waals surface area contributed by atoms with E-state index in [9.17, 15) is 4.79 Å². The molecule has 2 N–H and O–H groups in total. The summed E-state index contributed by atoms with van der Waals surface area (Å²) in [6.07, 6.45) is 4.26. The molecule has 24 heavy (non-hydrogen) atoms. The minimum absolute atomic E-state index is 0.0600. The van der Waals surface area contributed by atoms with E-state index in [2.05, 4.69) is 25.3 Å². The van der Waals surface area contributed by atoms with Gasteiger partial charge in [0.1, 0.15) is 5.69 Å². The number of carbonyl (C=O) groups is 1. The number of hydrogen-bond acceptors (Lipinski definition) is 7. The third-order valence-corrected chi connectivity index (χ3v) is 5.26. The van der Waals surface area contributed by atoms with Gasteiger partial charge in [0.2, 0.25) is 11.7 Å². The van der Waals surface area contributed by atoms with Crippen LogP contribution in [0.3, 0.4) is 0 Å². The number of fused-ring (bicyclic) bond motifs is 1. The van der Waals surface area contributed by atoms with Crippen LogP contribution in [0.5, 0.6) is 0 Å². The number of anilines is 1. The number of nitrogens with zero attached hydrogens (tertiary/aromatic N) is 3. The topological polar surface area (TPSA) is 83.6 Å². The molecule has 4 aromatic heterocycles. The molecule has 0 spiro atoms. The van der Waals surface area contributed by atoms with E-state index in [1.54, 1.807) is 6.33 Å². The first-order valence-electron chi connectivity index (χ1n) is 7.36. The summed E-state index contributed by atoms with van der Waals surface area (Å²) in [5, 5.41) is 7.01. The highest BCUT2D eigenvalue weighted by Crippen LogP contribution is 2.26. The Kier molecular flexibility index (Phi) is 4.06. The van der Waals surface area contributed by atoms with Gasteiger partial charge in [-0.25, -0.2) is 15.0 Å². The maximum atomic E-state index is 12.7. The molecule has 0 amide bonds. The van der Waals surface area contributed by atoms with Crippen LogP contribution in [0.2, 0.25) is 0 Å². The number of thiophene rings is 2. The van der Waals surface area contributed by atoms with Gasteiger partial charge in [-0.1, -0.05) is 6.07 Å². The summed E-state index contributed by atoms with van der Waals surface area (Å²) in [7, 11) is 0. The third-order valence-electron chi connectivity index (χ3n) is 3.48. The van der Waals surface area contributed by atoms with Gasteiger partial charge in [0.15, 0.2) is 0 Å². The molecule has 0 atom stereocenters. The lowest BCUT2D eigenvalue weighted by atomic mass is 10.2. The normalized spacial score (nSPS) is 11.0. The number of nitrogens with one attached hydrogen (secondary N) is 2. The van der Waals surface area contributed by atoms with Crippen molar-refractivity contribution in [1.29, 1.82) is 0 Å². The van der Waals surface area contributed by atoms with Crippen LogP contribution in [0.15, 0.2) is 41.5 Å². The standard InChI is InChI=1S/C16H13N5OS2/c22-14(12-2-1-6-23-12)13-15-11(4-7-24-15)20-16(21-13)18-5-3-10-8-17-9-19-10/h1-2,4,6-9H,3,5H2,(H,17,19)(H,18,20,21). The molecule has 120 valence electrons. The monoisotopic (exact) mass is 355 g/mol. The van der Waals surface area contributed by atoms with Crippen LogP contribution in [0.4, 0.5) is 5.95 Å². The van der Waals surface area contributed by atoms with Crippen molar-refractivity contribution in [3.63, 3.8) is 0 Å². The number of aromatic nitrogens is 4. The summed E-state index contributed by atoms with van der Waals surface area (Å²) in [6, 6.07) is 5.60. The molecule has 0 bridgehead atoms. The Bertz CT molecular complexity index is 960. The summed E-state index contributed by atoms with van der Waals surface area (Å²) >= 11 is 2.91. The highest BCUT2D eigenvalue weighted by atomic mass is 32.1. The van der Waals surface area contributed by atoms with E-state index in [0.29, 0.717) is 23.1 Å². The molecular formula is C16H13N5OS2. The lowest BCUT2D eigenvalue weighted by Crippen LogP contribution is -2.11. The molecule has 0 aliphatic rings. The number of ketones is 1. The van der Waals surface area contributed by atoms with Crippen LogP contribution in [0.1, 0.15) is 21.1 Å². The fourth-order valence-corrected chi connectivity index (χ4v) is 3.83. The van der Waals surface area contributed by atoms with Crippen LogP contribution in [0, 0.1) is 0 Å². The predicted molar refractivity (Wildman–Crippen MR) is 95.9 cm³/mol. The van der Waals surface area contributed by atoms with Gasteiger partial charge < -0.3 is 10.3 Å². The largest absolute Gasteiger partial charge is 0.354 e. The molecular weight excluding hydrogens is 342 g/mol. The Labute approximate surface area is 145 Å². The SMILES string of the molecule is O=C(c1cccs1)c1nc(NCCc2c[nH]cn2)nc2ccsc12. The number of aromatic amines is 1. The van der Waals surface area contributed by atoms with E-state index in [4.69, 9.17) is 0 Å². The molecule has 4 heterocycles. The Morgan fingerprint density at radius 3 is 2.96 bits per heavy atom. The highest BCUT2D eigenvalue weighted by molar-refractivity contribution is 7.17. The number of H-pyrrole nitrogens is 1. The molecule has 0 radical (unpaired) electrons. The lowest BCUT2D eigenvalue weighted by Gasteiger charge is -2.06. The van der Waals surface area contributed by atoms with Gasteiger partial charge in [0.05, 0.1) is 27.1 Å². The Hall–Kier alpha value is -2.58. The van der Waals surface area contributed by atoms with Crippen molar-refractivity contribution in [2.75, 3.05) is 11.9 Å². The fourth-order valence-electron chi connectivity index (χ4n) is 2.35. The van der Waals surface area contributed by atoms with Crippen molar-refractivity contribution in [2.24, 2.45) is 0 Å². The molecule has 0 aromatic carbocycles. The van der Waals surface area contributed by atoms with Crippen molar-refractivity contribution >= 4 is 44.6 Å². The summed E-state index contributed by atoms with van der Waals surface area (Å²) in [6.45, 7) is 0.646. The zero-order chi connectivity index (χ0) is 16.4. The maximum absolute atomic E-state index is 12.7. The van der Waals surface area contributed by atoms with E-state index in [0.717, 1.165) is 22.3 Å². The second kappa shape index (κ2) is 6.50. The van der Waals surface area contributed by atoms with Gasteiger partial charge in [-0.3, -0.25) is 4.79 Å². The van der Waals surface area contributed by atoms with Crippen molar-refractivity contribution in [3.8, 4) is 0 Å². The quantitative estimate of drug-likeness (QED) is 0.518. The summed E-state index contributed by atoms with van der Waals surface area (Å²) in [5.41, 5.74) is 2.21. The second-order valence-corrected chi connectivity index (χ2v) is 6.94. The zero-order valence-corrected chi connectivity index (χ0v) is 14.2. The fraction of sp³-hybridized carbons (Fsp3) is 0.125. The average molecular weight is 355 g/mol. The van der Waals surface area contributed by atoms with Gasteiger partial charge in [-0.05, 0) is 22.9 Å². The van der Waals surface area contributed by atoms with E-state index >= 15 is 0 Å². The molecule has 0 saturated carbocycles. The zero-order valence-electron chi connectivity index (χ0n) is 12.5. The van der Waals surface area contributed by atoms with Gasteiger partial charge in [-0.2, -0.15) is 0 Å². The van der Waals surface area contributed by atoms with E-state index < -0.39 is 0 Å². The van der Waals surface area contributed by atoms with E-state index in [1.807, 2.05) is 35.2 Å². The Morgan fingerprint density at radius 1 is 1.21 bits per heavy atom. The number of hydrogen-bond donors (Lipinski definition) is 2. The number of carbonyl (C=O) groups excluding carboxylic acids is 1.